The van der Waals surface area contributed by atoms with Crippen LogP contribution in [-0.4, -0.2) is 58.4 Å². The Morgan fingerprint density at radius 2 is 1.46 bits per heavy atom. The van der Waals surface area contributed by atoms with E-state index in [-0.39, 0.29) is 35.7 Å². The van der Waals surface area contributed by atoms with Crippen molar-refractivity contribution < 1.29 is 14.4 Å². The summed E-state index contributed by atoms with van der Waals surface area (Å²) >= 11 is 5.55. The fraction of sp³-hybridized carbons (Fsp3) is 0.389. The molecule has 0 aromatic heterocycles. The van der Waals surface area contributed by atoms with E-state index in [1.165, 1.54) is 0 Å². The highest BCUT2D eigenvalue weighted by molar-refractivity contribution is 7.80. The number of nitrogens with one attached hydrogen (secondary N) is 4. The smallest absolute Gasteiger partial charge is 0.246 e. The van der Waals surface area contributed by atoms with Gasteiger partial charge in [-0.05, 0) is 61.0 Å². The minimum atomic E-state index is -0.841. The number of rotatable bonds is 11. The Labute approximate surface area is 276 Å². The monoisotopic (exact) mass is 640 g/mol. The average molecular weight is 641 g/mol. The number of nitrogens with two attached hydrogens (primary N) is 1. The van der Waals surface area contributed by atoms with E-state index in [9.17, 15) is 14.4 Å². The molecule has 3 aromatic rings. The van der Waals surface area contributed by atoms with Gasteiger partial charge in [-0.3, -0.25) is 14.4 Å². The highest BCUT2D eigenvalue weighted by atomic mass is 32.1. The van der Waals surface area contributed by atoms with Crippen molar-refractivity contribution >= 4 is 35.1 Å². The van der Waals surface area contributed by atoms with Crippen LogP contribution in [0.4, 0.5) is 0 Å². The molecule has 242 valence electrons. The summed E-state index contributed by atoms with van der Waals surface area (Å²) in [5.41, 5.74) is 9.10. The third-order valence-electron chi connectivity index (χ3n) is 9.12. The van der Waals surface area contributed by atoms with Gasteiger partial charge >= 0.3 is 0 Å². The molecule has 0 unspecified atom stereocenters. The van der Waals surface area contributed by atoms with Gasteiger partial charge in [0, 0.05) is 25.0 Å². The van der Waals surface area contributed by atoms with Gasteiger partial charge in [-0.1, -0.05) is 97.9 Å². The number of amides is 3. The first-order valence-electron chi connectivity index (χ1n) is 16.2. The molecule has 2 aliphatic rings. The van der Waals surface area contributed by atoms with Crippen molar-refractivity contribution in [2.75, 3.05) is 6.54 Å². The van der Waals surface area contributed by atoms with E-state index in [1.807, 2.05) is 97.9 Å². The number of carbonyl (C=O) groups is 3. The first-order valence-corrected chi connectivity index (χ1v) is 16.6. The Hall–Kier alpha value is -4.28. The average Bonchev–Trinajstić information content (AvgIpc) is 3.48. The van der Waals surface area contributed by atoms with Gasteiger partial charge in [0.1, 0.15) is 12.1 Å². The van der Waals surface area contributed by atoms with Gasteiger partial charge < -0.3 is 31.9 Å². The van der Waals surface area contributed by atoms with Crippen LogP contribution in [0.3, 0.4) is 0 Å². The topological polar surface area (TPSA) is 129 Å². The number of thiocarbonyl (C=S) groups is 1. The molecule has 0 bridgehead atoms. The lowest BCUT2D eigenvalue weighted by Crippen LogP contribution is -2.59. The maximum atomic E-state index is 14.4. The van der Waals surface area contributed by atoms with Gasteiger partial charge in [-0.2, -0.15) is 0 Å². The third kappa shape index (κ3) is 8.10. The SMILES string of the molecule is CC[C@H](N)C(=O)N[C@@H]1C(=O)N2[C@@H](CC[C@@H]1CNC(=S)NCc1ccccc1)CC[C@H]2C(=O)NC(c1ccccc1)c1ccccc1. The highest BCUT2D eigenvalue weighted by Crippen LogP contribution is 2.35. The fourth-order valence-electron chi connectivity index (χ4n) is 6.49. The minimum absolute atomic E-state index is 0.0949. The molecule has 5 atom stereocenters. The summed E-state index contributed by atoms with van der Waals surface area (Å²) in [5.74, 6) is -1.07. The zero-order valence-electron chi connectivity index (χ0n) is 26.2. The lowest BCUT2D eigenvalue weighted by molar-refractivity contribution is -0.143. The van der Waals surface area contributed by atoms with Crippen LogP contribution in [0.5, 0.6) is 0 Å². The molecule has 10 heteroatoms. The molecule has 0 radical (unpaired) electrons. The Bertz CT molecular complexity index is 1440. The molecule has 46 heavy (non-hydrogen) atoms. The van der Waals surface area contributed by atoms with Crippen molar-refractivity contribution in [3.63, 3.8) is 0 Å². The lowest BCUT2D eigenvalue weighted by Gasteiger charge is -2.33. The quantitative estimate of drug-likeness (QED) is 0.203. The Kier molecular flexibility index (Phi) is 11.4. The van der Waals surface area contributed by atoms with Crippen molar-refractivity contribution in [3.05, 3.63) is 108 Å². The van der Waals surface area contributed by atoms with Gasteiger partial charge in [0.05, 0.1) is 12.1 Å². The molecule has 3 amide bonds. The molecule has 0 saturated carbocycles. The van der Waals surface area contributed by atoms with Crippen LogP contribution in [0.1, 0.15) is 61.8 Å². The van der Waals surface area contributed by atoms with Crippen LogP contribution in [0, 0.1) is 5.92 Å². The molecular weight excluding hydrogens is 597 g/mol. The zero-order valence-corrected chi connectivity index (χ0v) is 27.0. The molecule has 0 spiro atoms. The normalized spacial score (nSPS) is 21.5. The number of hydrogen-bond donors (Lipinski definition) is 5. The van der Waals surface area contributed by atoms with Gasteiger partial charge in [0.15, 0.2) is 5.11 Å². The second kappa shape index (κ2) is 15.8. The highest BCUT2D eigenvalue weighted by Gasteiger charge is 2.48. The molecule has 9 nitrogen and oxygen atoms in total. The van der Waals surface area contributed by atoms with E-state index in [2.05, 4.69) is 21.3 Å². The van der Waals surface area contributed by atoms with Gasteiger partial charge in [0.25, 0.3) is 0 Å². The summed E-state index contributed by atoms with van der Waals surface area (Å²) < 4.78 is 0. The predicted molar refractivity (Wildman–Crippen MR) is 183 cm³/mol. The van der Waals surface area contributed by atoms with E-state index in [0.29, 0.717) is 37.5 Å². The lowest BCUT2D eigenvalue weighted by atomic mass is 9.92. The third-order valence-corrected chi connectivity index (χ3v) is 9.40. The second-order valence-electron chi connectivity index (χ2n) is 12.1. The zero-order chi connectivity index (χ0) is 32.5. The van der Waals surface area contributed by atoms with Crippen molar-refractivity contribution in [1.82, 2.24) is 26.2 Å². The van der Waals surface area contributed by atoms with Gasteiger partial charge in [0.2, 0.25) is 17.7 Å². The summed E-state index contributed by atoms with van der Waals surface area (Å²) in [6.07, 6.45) is 3.13. The van der Waals surface area contributed by atoms with Crippen molar-refractivity contribution in [1.29, 1.82) is 0 Å². The van der Waals surface area contributed by atoms with Gasteiger partial charge in [-0.15, -0.1) is 0 Å². The summed E-state index contributed by atoms with van der Waals surface area (Å²) in [7, 11) is 0. The van der Waals surface area contributed by atoms with E-state index >= 15 is 0 Å². The van der Waals surface area contributed by atoms with Crippen molar-refractivity contribution in [2.45, 2.75) is 75.8 Å². The van der Waals surface area contributed by atoms with Crippen LogP contribution in [0.25, 0.3) is 0 Å². The molecule has 6 N–H and O–H groups in total. The Balaban J connectivity index is 1.32. The van der Waals surface area contributed by atoms with E-state index < -0.39 is 18.1 Å². The molecule has 3 aromatic carbocycles. The van der Waals surface area contributed by atoms with Crippen LogP contribution < -0.4 is 27.0 Å². The van der Waals surface area contributed by atoms with Crippen molar-refractivity contribution in [3.8, 4) is 0 Å². The standard InChI is InChI=1S/C36H44N6O3S/c1-2-29(37)33(43)41-32-27(23-39-36(46)38-22-24-12-6-3-7-13-24)18-19-28-20-21-30(42(28)35(32)45)34(44)40-31(25-14-8-4-9-15-25)26-16-10-5-11-17-26/h3-17,27-32H,2,18-23,37H2,1H3,(H,40,44)(H,41,43)(H2,38,39,46)/t27-,28+,29+,30+,32+/m1/s1. The summed E-state index contributed by atoms with van der Waals surface area (Å²) in [5, 5.41) is 13.2. The van der Waals surface area contributed by atoms with E-state index in [1.54, 1.807) is 4.90 Å². The van der Waals surface area contributed by atoms with Crippen LogP contribution in [0.2, 0.25) is 0 Å². The first kappa shape index (κ1) is 33.1. The van der Waals surface area contributed by atoms with Crippen LogP contribution >= 0.6 is 12.2 Å². The summed E-state index contributed by atoms with van der Waals surface area (Å²) in [6.45, 7) is 2.80. The van der Waals surface area contributed by atoms with Crippen LogP contribution in [0.15, 0.2) is 91.0 Å². The first-order chi connectivity index (χ1) is 22.4. The maximum absolute atomic E-state index is 14.4. The molecule has 0 aliphatic carbocycles. The maximum Gasteiger partial charge on any atom is 0.246 e. The molecule has 2 fully saturated rings. The molecule has 2 saturated heterocycles. The molecule has 2 heterocycles. The number of nitrogens with zero attached hydrogens (tertiary/aromatic N) is 1. The van der Waals surface area contributed by atoms with Crippen molar-refractivity contribution in [2.24, 2.45) is 11.7 Å². The second-order valence-corrected chi connectivity index (χ2v) is 12.6. The number of benzene rings is 3. The van der Waals surface area contributed by atoms with E-state index in [0.717, 1.165) is 29.5 Å². The Morgan fingerprint density at radius 1 is 0.870 bits per heavy atom. The summed E-state index contributed by atoms with van der Waals surface area (Å²) in [6, 6.07) is 26.9. The van der Waals surface area contributed by atoms with Crippen LogP contribution in [-0.2, 0) is 20.9 Å². The number of hydrogen-bond acceptors (Lipinski definition) is 5. The van der Waals surface area contributed by atoms with E-state index in [4.69, 9.17) is 18.0 Å². The van der Waals surface area contributed by atoms with Gasteiger partial charge in [-0.25, -0.2) is 0 Å². The largest absolute Gasteiger partial charge is 0.362 e. The summed E-state index contributed by atoms with van der Waals surface area (Å²) in [4.78, 5) is 43.2. The molecular formula is C36H44N6O3S. The molecule has 5 rings (SSSR count). The number of fused-ring (bicyclic) bond motifs is 1. The molecule has 2 aliphatic heterocycles. The Morgan fingerprint density at radius 3 is 2.07 bits per heavy atom. The number of carbonyl (C=O) groups excluding carboxylic acids is 3. The minimum Gasteiger partial charge on any atom is -0.362 e. The predicted octanol–water partition coefficient (Wildman–Crippen LogP) is 3.55. The fourth-order valence-corrected chi connectivity index (χ4v) is 6.65.